The lowest BCUT2D eigenvalue weighted by Gasteiger charge is -2.33. The minimum atomic E-state index is 0.0526. The lowest BCUT2D eigenvalue weighted by molar-refractivity contribution is -0.0338. The highest BCUT2D eigenvalue weighted by molar-refractivity contribution is 6.30. The number of benzene rings is 1. The van der Waals surface area contributed by atoms with Crippen molar-refractivity contribution in [3.63, 3.8) is 0 Å². The first kappa shape index (κ1) is 17.3. The number of aliphatic hydroxyl groups excluding tert-OH is 1. The Labute approximate surface area is 147 Å². The van der Waals surface area contributed by atoms with Gasteiger partial charge in [0.25, 0.3) is 0 Å². The molecule has 2 N–H and O–H groups in total. The predicted octanol–water partition coefficient (Wildman–Crippen LogP) is 3.56. The standard InChI is InChI=1S/C18H24ClN3O2/c1-12-9-16(10-13(2)24-12)20-18-11-17(21-22(18)7-8-23)14-3-5-15(19)6-4-14/h3-6,11-13,16,20,23H,7-10H2,1-2H3. The second-order valence-corrected chi connectivity index (χ2v) is 6.87. The average molecular weight is 350 g/mol. The molecule has 0 bridgehead atoms. The van der Waals surface area contributed by atoms with E-state index in [-0.39, 0.29) is 18.8 Å². The van der Waals surface area contributed by atoms with E-state index >= 15 is 0 Å². The summed E-state index contributed by atoms with van der Waals surface area (Å²) in [6.07, 6.45) is 2.42. The van der Waals surface area contributed by atoms with Crippen molar-refractivity contribution in [1.29, 1.82) is 0 Å². The Morgan fingerprint density at radius 1 is 1.25 bits per heavy atom. The Hall–Kier alpha value is -1.56. The maximum absolute atomic E-state index is 9.32. The van der Waals surface area contributed by atoms with Gasteiger partial charge in [-0.3, -0.25) is 0 Å². The van der Waals surface area contributed by atoms with Gasteiger partial charge >= 0.3 is 0 Å². The number of hydrogen-bond acceptors (Lipinski definition) is 4. The summed E-state index contributed by atoms with van der Waals surface area (Å²) in [5.74, 6) is 0.931. The van der Waals surface area contributed by atoms with Crippen molar-refractivity contribution in [2.45, 2.75) is 51.5 Å². The molecular formula is C18H24ClN3O2. The van der Waals surface area contributed by atoms with Crippen LogP contribution in [0.1, 0.15) is 26.7 Å². The van der Waals surface area contributed by atoms with E-state index < -0.39 is 0 Å². The third kappa shape index (κ3) is 4.09. The second-order valence-electron chi connectivity index (χ2n) is 6.44. The van der Waals surface area contributed by atoms with Crippen molar-refractivity contribution >= 4 is 17.4 Å². The fourth-order valence-corrected chi connectivity index (χ4v) is 3.42. The van der Waals surface area contributed by atoms with E-state index in [4.69, 9.17) is 16.3 Å². The number of hydrogen-bond donors (Lipinski definition) is 2. The van der Waals surface area contributed by atoms with Crippen LogP contribution < -0.4 is 5.32 Å². The lowest BCUT2D eigenvalue weighted by Crippen LogP contribution is -2.37. The molecule has 2 aromatic rings. The van der Waals surface area contributed by atoms with Gasteiger partial charge in [-0.1, -0.05) is 23.7 Å². The average Bonchev–Trinajstić information content (AvgIpc) is 2.90. The molecule has 2 unspecified atom stereocenters. The van der Waals surface area contributed by atoms with Gasteiger partial charge in [-0.2, -0.15) is 5.10 Å². The molecule has 1 fully saturated rings. The van der Waals surface area contributed by atoms with Gasteiger partial charge in [0.1, 0.15) is 5.82 Å². The number of rotatable bonds is 5. The van der Waals surface area contributed by atoms with Gasteiger partial charge in [-0.25, -0.2) is 4.68 Å². The number of aliphatic hydroxyl groups is 1. The van der Waals surface area contributed by atoms with Crippen LogP contribution >= 0.6 is 11.6 Å². The minimum absolute atomic E-state index is 0.0526. The molecule has 5 nitrogen and oxygen atoms in total. The summed E-state index contributed by atoms with van der Waals surface area (Å²) in [4.78, 5) is 0. The van der Waals surface area contributed by atoms with Crippen LogP contribution in [0.25, 0.3) is 11.3 Å². The second kappa shape index (κ2) is 7.55. The topological polar surface area (TPSA) is 59.3 Å². The number of nitrogens with zero attached hydrogens (tertiary/aromatic N) is 2. The van der Waals surface area contributed by atoms with Gasteiger partial charge in [0.15, 0.2) is 0 Å². The summed E-state index contributed by atoms with van der Waals surface area (Å²) in [7, 11) is 0. The Balaban J connectivity index is 1.82. The Morgan fingerprint density at radius 2 is 1.92 bits per heavy atom. The van der Waals surface area contributed by atoms with Crippen LogP contribution in [0.15, 0.2) is 30.3 Å². The van der Waals surface area contributed by atoms with Crippen LogP contribution in [0.5, 0.6) is 0 Å². The monoisotopic (exact) mass is 349 g/mol. The zero-order valence-corrected chi connectivity index (χ0v) is 14.8. The fraction of sp³-hybridized carbons (Fsp3) is 0.500. The summed E-state index contributed by atoms with van der Waals surface area (Å²) in [6, 6.07) is 10.0. The Kier molecular flexibility index (Phi) is 5.43. The number of nitrogens with one attached hydrogen (secondary N) is 1. The van der Waals surface area contributed by atoms with Crippen molar-refractivity contribution < 1.29 is 9.84 Å². The molecule has 2 heterocycles. The molecule has 6 heteroatoms. The molecule has 0 saturated carbocycles. The van der Waals surface area contributed by atoms with E-state index in [1.807, 2.05) is 35.0 Å². The van der Waals surface area contributed by atoms with Crippen molar-refractivity contribution in [3.05, 3.63) is 35.4 Å². The quantitative estimate of drug-likeness (QED) is 0.866. The van der Waals surface area contributed by atoms with Crippen LogP contribution in [-0.2, 0) is 11.3 Å². The highest BCUT2D eigenvalue weighted by Crippen LogP contribution is 2.27. The molecule has 0 aliphatic carbocycles. The molecule has 0 amide bonds. The molecule has 1 aliphatic heterocycles. The van der Waals surface area contributed by atoms with Crippen molar-refractivity contribution in [2.75, 3.05) is 11.9 Å². The molecule has 1 aliphatic rings. The summed E-state index contributed by atoms with van der Waals surface area (Å²) in [6.45, 7) is 4.73. The van der Waals surface area contributed by atoms with E-state index in [9.17, 15) is 5.11 Å². The number of aromatic nitrogens is 2. The van der Waals surface area contributed by atoms with Gasteiger partial charge in [0.2, 0.25) is 0 Å². The van der Waals surface area contributed by atoms with Gasteiger partial charge in [-0.15, -0.1) is 0 Å². The summed E-state index contributed by atoms with van der Waals surface area (Å²) >= 11 is 5.96. The molecule has 0 spiro atoms. The third-order valence-electron chi connectivity index (χ3n) is 4.28. The first-order valence-corrected chi connectivity index (χ1v) is 8.79. The van der Waals surface area contributed by atoms with Crippen molar-refractivity contribution in [2.24, 2.45) is 0 Å². The van der Waals surface area contributed by atoms with E-state index in [0.29, 0.717) is 17.6 Å². The van der Waals surface area contributed by atoms with Gasteiger partial charge < -0.3 is 15.2 Å². The zero-order chi connectivity index (χ0) is 17.1. The van der Waals surface area contributed by atoms with E-state index in [1.54, 1.807) is 0 Å². The van der Waals surface area contributed by atoms with Crippen LogP contribution in [-0.4, -0.2) is 39.7 Å². The molecular weight excluding hydrogens is 326 g/mol. The summed E-state index contributed by atoms with van der Waals surface area (Å²) in [5.41, 5.74) is 1.88. The van der Waals surface area contributed by atoms with Crippen LogP contribution in [0.2, 0.25) is 5.02 Å². The predicted molar refractivity (Wildman–Crippen MR) is 96.4 cm³/mol. The van der Waals surface area contributed by atoms with E-state index in [1.165, 1.54) is 0 Å². The number of anilines is 1. The van der Waals surface area contributed by atoms with Crippen LogP contribution in [0.4, 0.5) is 5.82 Å². The Morgan fingerprint density at radius 3 is 2.54 bits per heavy atom. The first-order chi connectivity index (χ1) is 11.5. The highest BCUT2D eigenvalue weighted by atomic mass is 35.5. The Bertz CT molecular complexity index is 661. The van der Waals surface area contributed by atoms with Crippen molar-refractivity contribution in [3.8, 4) is 11.3 Å². The van der Waals surface area contributed by atoms with Crippen LogP contribution in [0, 0.1) is 0 Å². The first-order valence-electron chi connectivity index (χ1n) is 8.42. The molecule has 1 aromatic heterocycles. The van der Waals surface area contributed by atoms with E-state index in [0.717, 1.165) is 29.9 Å². The molecule has 2 atom stereocenters. The van der Waals surface area contributed by atoms with Gasteiger partial charge in [0.05, 0.1) is 31.1 Å². The number of halogens is 1. The molecule has 3 rings (SSSR count). The summed E-state index contributed by atoms with van der Waals surface area (Å²) < 4.78 is 7.63. The SMILES string of the molecule is CC1CC(Nc2cc(-c3ccc(Cl)cc3)nn2CCO)CC(C)O1. The van der Waals surface area contributed by atoms with Gasteiger partial charge in [0, 0.05) is 22.7 Å². The summed E-state index contributed by atoms with van der Waals surface area (Å²) in [5, 5.41) is 18.2. The molecule has 130 valence electrons. The normalized spacial score (nSPS) is 24.1. The molecule has 1 saturated heterocycles. The van der Waals surface area contributed by atoms with Gasteiger partial charge in [-0.05, 0) is 38.8 Å². The van der Waals surface area contributed by atoms with E-state index in [2.05, 4.69) is 24.3 Å². The maximum atomic E-state index is 9.32. The minimum Gasteiger partial charge on any atom is -0.394 e. The molecule has 0 radical (unpaired) electrons. The highest BCUT2D eigenvalue weighted by Gasteiger charge is 2.25. The third-order valence-corrected chi connectivity index (χ3v) is 4.53. The maximum Gasteiger partial charge on any atom is 0.125 e. The molecule has 1 aromatic carbocycles. The zero-order valence-electron chi connectivity index (χ0n) is 14.1. The van der Waals surface area contributed by atoms with Crippen molar-refractivity contribution in [1.82, 2.24) is 9.78 Å². The molecule has 24 heavy (non-hydrogen) atoms. The lowest BCUT2D eigenvalue weighted by atomic mass is 10.00. The fourth-order valence-electron chi connectivity index (χ4n) is 3.29. The van der Waals surface area contributed by atoms with Crippen LogP contribution in [0.3, 0.4) is 0 Å². The number of ether oxygens (including phenoxy) is 1. The smallest absolute Gasteiger partial charge is 0.125 e. The largest absolute Gasteiger partial charge is 0.394 e.